The maximum atomic E-state index is 12.9. The Morgan fingerprint density at radius 3 is 2.66 bits per heavy atom. The Bertz CT molecular complexity index is 1160. The molecule has 0 aliphatic carbocycles. The fourth-order valence-electron chi connectivity index (χ4n) is 3.79. The van der Waals surface area contributed by atoms with Gasteiger partial charge in [0.05, 0.1) is 4.88 Å². The van der Waals surface area contributed by atoms with Crippen LogP contribution in [0.2, 0.25) is 0 Å². The monoisotopic (exact) mass is 410 g/mol. The Balaban J connectivity index is 1.67. The first kappa shape index (κ1) is 19.3. The van der Waals surface area contributed by atoms with Crippen LogP contribution in [0.1, 0.15) is 38.1 Å². The van der Waals surface area contributed by atoms with Gasteiger partial charge in [0.25, 0.3) is 17.4 Å². The zero-order valence-electron chi connectivity index (χ0n) is 16.6. The minimum absolute atomic E-state index is 0.00861. The molecule has 0 unspecified atom stereocenters. The van der Waals surface area contributed by atoms with Crippen LogP contribution in [-0.2, 0) is 7.05 Å². The van der Waals surface area contributed by atoms with Gasteiger partial charge in [-0.15, -0.1) is 11.3 Å². The molecule has 2 aromatic heterocycles. The molecule has 29 heavy (non-hydrogen) atoms. The molecule has 2 amide bonds. The molecular formula is C21H22N4O3S. The number of fused-ring (bicyclic) bond motifs is 1. The third-order valence-corrected chi connectivity index (χ3v) is 6.47. The molecule has 0 N–H and O–H groups in total. The Morgan fingerprint density at radius 2 is 1.93 bits per heavy atom. The van der Waals surface area contributed by atoms with Crippen LogP contribution in [-0.4, -0.2) is 58.6 Å². The summed E-state index contributed by atoms with van der Waals surface area (Å²) in [6.07, 6.45) is 0.784. The van der Waals surface area contributed by atoms with Crippen molar-refractivity contribution in [2.45, 2.75) is 12.3 Å². The van der Waals surface area contributed by atoms with Crippen LogP contribution >= 0.6 is 11.3 Å². The van der Waals surface area contributed by atoms with Crippen LogP contribution < -0.4 is 5.56 Å². The van der Waals surface area contributed by atoms with Crippen molar-refractivity contribution in [3.8, 4) is 0 Å². The first-order chi connectivity index (χ1) is 13.9. The van der Waals surface area contributed by atoms with Crippen LogP contribution in [0.5, 0.6) is 0 Å². The molecule has 0 saturated carbocycles. The molecule has 3 aromatic rings. The minimum Gasteiger partial charge on any atom is -0.344 e. The number of nitrogens with zero attached hydrogens (tertiary/aromatic N) is 4. The lowest BCUT2D eigenvalue weighted by Gasteiger charge is -2.17. The standard InChI is InChI=1S/C21H22N4O3S/c1-23(2)21(28)19-18(14-6-4-5-7-16(14)29-19)13-10-11-25(12-13)20(27)15-8-9-17(26)24(3)22-15/h4-9,13H,10-12H2,1-3H3/t13-/m0/s1. The van der Waals surface area contributed by atoms with Crippen LogP contribution in [0.3, 0.4) is 0 Å². The van der Waals surface area contributed by atoms with E-state index < -0.39 is 0 Å². The van der Waals surface area contributed by atoms with Crippen molar-refractivity contribution >= 4 is 33.2 Å². The Labute approximate surface area is 172 Å². The molecule has 1 atom stereocenters. The Hall–Kier alpha value is -3.00. The molecule has 4 rings (SSSR count). The van der Waals surface area contributed by atoms with Gasteiger partial charge in [0, 0.05) is 50.9 Å². The summed E-state index contributed by atoms with van der Waals surface area (Å²) in [6.45, 7) is 1.12. The van der Waals surface area contributed by atoms with Crippen LogP contribution in [0.4, 0.5) is 0 Å². The van der Waals surface area contributed by atoms with Crippen molar-refractivity contribution in [1.82, 2.24) is 19.6 Å². The maximum absolute atomic E-state index is 12.9. The number of rotatable bonds is 3. The third kappa shape index (κ3) is 3.44. The summed E-state index contributed by atoms with van der Waals surface area (Å²) in [4.78, 5) is 41.3. The second-order valence-corrected chi connectivity index (χ2v) is 8.51. The smallest absolute Gasteiger partial charge is 0.274 e. The fourth-order valence-corrected chi connectivity index (χ4v) is 5.10. The van der Waals surface area contributed by atoms with Crippen LogP contribution in [0, 0.1) is 0 Å². The minimum atomic E-state index is -0.252. The molecular weight excluding hydrogens is 388 g/mol. The molecule has 7 nitrogen and oxygen atoms in total. The quantitative estimate of drug-likeness (QED) is 0.664. The highest BCUT2D eigenvalue weighted by atomic mass is 32.1. The molecule has 1 aliphatic heterocycles. The van der Waals surface area contributed by atoms with E-state index in [2.05, 4.69) is 5.10 Å². The van der Waals surface area contributed by atoms with Gasteiger partial charge < -0.3 is 9.80 Å². The van der Waals surface area contributed by atoms with Crippen molar-refractivity contribution in [2.24, 2.45) is 7.05 Å². The predicted molar refractivity (Wildman–Crippen MR) is 113 cm³/mol. The van der Waals surface area contributed by atoms with Gasteiger partial charge in [-0.2, -0.15) is 5.10 Å². The summed E-state index contributed by atoms with van der Waals surface area (Å²) in [7, 11) is 5.04. The number of hydrogen-bond donors (Lipinski definition) is 0. The van der Waals surface area contributed by atoms with E-state index in [9.17, 15) is 14.4 Å². The third-order valence-electron chi connectivity index (χ3n) is 5.30. The molecule has 0 spiro atoms. The Morgan fingerprint density at radius 1 is 1.17 bits per heavy atom. The zero-order valence-corrected chi connectivity index (χ0v) is 17.4. The average Bonchev–Trinajstić information content (AvgIpc) is 3.33. The van der Waals surface area contributed by atoms with Crippen LogP contribution in [0.15, 0.2) is 41.2 Å². The van der Waals surface area contributed by atoms with E-state index in [1.54, 1.807) is 23.9 Å². The lowest BCUT2D eigenvalue weighted by atomic mass is 9.95. The number of aromatic nitrogens is 2. The highest BCUT2D eigenvalue weighted by Gasteiger charge is 2.33. The lowest BCUT2D eigenvalue weighted by Crippen LogP contribution is -2.31. The first-order valence-electron chi connectivity index (χ1n) is 9.43. The van der Waals surface area contributed by atoms with Gasteiger partial charge in [0.2, 0.25) is 0 Å². The number of amides is 2. The van der Waals surface area contributed by atoms with E-state index in [-0.39, 0.29) is 29.0 Å². The molecule has 1 saturated heterocycles. The number of likely N-dealkylation sites (tertiary alicyclic amines) is 1. The van der Waals surface area contributed by atoms with E-state index in [4.69, 9.17) is 0 Å². The van der Waals surface area contributed by atoms with Crippen molar-refractivity contribution in [3.63, 3.8) is 0 Å². The second kappa shape index (κ2) is 7.44. The second-order valence-electron chi connectivity index (χ2n) is 7.46. The van der Waals surface area contributed by atoms with E-state index in [1.165, 1.54) is 35.2 Å². The van der Waals surface area contributed by atoms with Gasteiger partial charge in [0.15, 0.2) is 0 Å². The highest BCUT2D eigenvalue weighted by Crippen LogP contribution is 2.40. The van der Waals surface area contributed by atoms with Gasteiger partial charge >= 0.3 is 0 Å². The number of aryl methyl sites for hydroxylation is 1. The number of thiophene rings is 1. The molecule has 0 bridgehead atoms. The van der Waals surface area contributed by atoms with Crippen LogP contribution in [0.25, 0.3) is 10.1 Å². The van der Waals surface area contributed by atoms with Gasteiger partial charge in [-0.3, -0.25) is 14.4 Å². The summed E-state index contributed by atoms with van der Waals surface area (Å²) in [5, 5.41) is 5.16. The Kier molecular flexibility index (Phi) is 4.96. The molecule has 1 fully saturated rings. The SMILES string of the molecule is CN(C)C(=O)c1sc2ccccc2c1[C@H]1CCN(C(=O)c2ccc(=O)n(C)n2)C1. The van der Waals surface area contributed by atoms with Crippen molar-refractivity contribution in [2.75, 3.05) is 27.2 Å². The van der Waals surface area contributed by atoms with Gasteiger partial charge in [-0.05, 0) is 29.5 Å². The largest absolute Gasteiger partial charge is 0.344 e. The first-order valence-corrected chi connectivity index (χ1v) is 10.2. The van der Waals surface area contributed by atoms with Crippen molar-refractivity contribution < 1.29 is 9.59 Å². The predicted octanol–water partition coefficient (Wildman–Crippen LogP) is 2.33. The maximum Gasteiger partial charge on any atom is 0.274 e. The van der Waals surface area contributed by atoms with E-state index in [0.29, 0.717) is 13.1 Å². The summed E-state index contributed by atoms with van der Waals surface area (Å²) in [5.41, 5.74) is 1.04. The molecule has 8 heteroatoms. The van der Waals surface area contributed by atoms with E-state index in [0.717, 1.165) is 26.9 Å². The molecule has 1 aromatic carbocycles. The van der Waals surface area contributed by atoms with E-state index >= 15 is 0 Å². The number of hydrogen-bond acceptors (Lipinski definition) is 5. The fraction of sp³-hybridized carbons (Fsp3) is 0.333. The zero-order chi connectivity index (χ0) is 20.7. The normalized spacial score (nSPS) is 16.4. The average molecular weight is 410 g/mol. The van der Waals surface area contributed by atoms with Gasteiger partial charge in [0.1, 0.15) is 5.69 Å². The lowest BCUT2D eigenvalue weighted by molar-refractivity contribution is 0.0782. The molecule has 150 valence electrons. The van der Waals surface area contributed by atoms with Crippen molar-refractivity contribution in [1.29, 1.82) is 0 Å². The molecule has 0 radical (unpaired) electrons. The summed E-state index contributed by atoms with van der Waals surface area (Å²) < 4.78 is 2.25. The van der Waals surface area contributed by atoms with E-state index in [1.807, 2.05) is 24.3 Å². The summed E-state index contributed by atoms with van der Waals surface area (Å²) in [6, 6.07) is 10.9. The summed E-state index contributed by atoms with van der Waals surface area (Å²) >= 11 is 1.51. The van der Waals surface area contributed by atoms with Crippen molar-refractivity contribution in [3.05, 3.63) is 62.9 Å². The molecule has 3 heterocycles. The topological polar surface area (TPSA) is 75.5 Å². The van der Waals surface area contributed by atoms with Gasteiger partial charge in [-0.1, -0.05) is 18.2 Å². The number of carbonyl (C=O) groups excluding carboxylic acids is 2. The number of benzene rings is 1. The summed E-state index contributed by atoms with van der Waals surface area (Å²) in [5.74, 6) is -0.115. The van der Waals surface area contributed by atoms with Gasteiger partial charge in [-0.25, -0.2) is 4.68 Å². The number of carbonyl (C=O) groups is 2. The highest BCUT2D eigenvalue weighted by molar-refractivity contribution is 7.21. The molecule has 1 aliphatic rings.